The summed E-state index contributed by atoms with van der Waals surface area (Å²) in [5.74, 6) is -0.0416. The van der Waals surface area contributed by atoms with E-state index in [2.05, 4.69) is 20.8 Å². The number of carbonyl (C=O) groups is 2. The average Bonchev–Trinajstić information content (AvgIpc) is 2.25. The molecule has 0 unspecified atom stereocenters. The molecule has 0 aromatic heterocycles. The average molecular weight is 260 g/mol. The molecule has 0 aliphatic carbocycles. The quantitative estimate of drug-likeness (QED) is 0.788. The normalized spacial score (nSPS) is 21.4. The molecule has 2 amide bonds. The number of hydrogen-bond acceptors (Lipinski definition) is 4. The van der Waals surface area contributed by atoms with Crippen molar-refractivity contribution in [2.24, 2.45) is 5.73 Å². The topological polar surface area (TPSA) is 72.6 Å². The number of nitrogens with zero attached hydrogens (tertiary/aromatic N) is 1. The maximum absolute atomic E-state index is 11.9. The lowest BCUT2D eigenvalue weighted by molar-refractivity contribution is -0.143. The Morgan fingerprint density at radius 2 is 2.12 bits per heavy atom. The van der Waals surface area contributed by atoms with Gasteiger partial charge in [-0.05, 0) is 0 Å². The fourth-order valence-corrected chi connectivity index (χ4v) is 2.16. The highest BCUT2D eigenvalue weighted by Gasteiger charge is 2.28. The van der Waals surface area contributed by atoms with E-state index in [4.69, 9.17) is 10.5 Å². The predicted molar refractivity (Wildman–Crippen MR) is 67.7 cm³/mol. The number of thioether (sulfide) groups is 1. The van der Waals surface area contributed by atoms with Crippen molar-refractivity contribution in [3.63, 3.8) is 0 Å². The van der Waals surface area contributed by atoms with Crippen LogP contribution in [-0.4, -0.2) is 53.0 Å². The van der Waals surface area contributed by atoms with E-state index in [9.17, 15) is 9.59 Å². The summed E-state index contributed by atoms with van der Waals surface area (Å²) in [5.41, 5.74) is 5.17. The van der Waals surface area contributed by atoms with Crippen LogP contribution in [0.5, 0.6) is 0 Å². The summed E-state index contributed by atoms with van der Waals surface area (Å²) < 4.78 is 5.25. The van der Waals surface area contributed by atoms with Gasteiger partial charge in [-0.2, -0.15) is 0 Å². The van der Waals surface area contributed by atoms with Crippen LogP contribution in [0.3, 0.4) is 0 Å². The first-order chi connectivity index (χ1) is 7.79. The van der Waals surface area contributed by atoms with Crippen molar-refractivity contribution in [1.29, 1.82) is 0 Å². The molecule has 1 aliphatic rings. The molecule has 5 nitrogen and oxygen atoms in total. The van der Waals surface area contributed by atoms with Crippen LogP contribution in [-0.2, 0) is 14.3 Å². The van der Waals surface area contributed by atoms with Crippen molar-refractivity contribution in [1.82, 2.24) is 4.90 Å². The van der Waals surface area contributed by atoms with Gasteiger partial charge in [0.15, 0.2) is 6.10 Å². The number of primary amides is 1. The van der Waals surface area contributed by atoms with Gasteiger partial charge in [-0.1, -0.05) is 20.8 Å². The van der Waals surface area contributed by atoms with Gasteiger partial charge in [0.1, 0.15) is 0 Å². The van der Waals surface area contributed by atoms with Crippen LogP contribution in [0, 0.1) is 0 Å². The molecular formula is C11H20N2O3S. The fourth-order valence-electron chi connectivity index (χ4n) is 1.42. The Bertz CT molecular complexity index is 302. The van der Waals surface area contributed by atoms with Crippen molar-refractivity contribution in [2.45, 2.75) is 31.6 Å². The molecule has 98 valence electrons. The second kappa shape index (κ2) is 5.73. The van der Waals surface area contributed by atoms with Crippen LogP contribution in [0.2, 0.25) is 0 Å². The summed E-state index contributed by atoms with van der Waals surface area (Å²) >= 11 is 1.60. The van der Waals surface area contributed by atoms with E-state index in [0.717, 1.165) is 0 Å². The minimum atomic E-state index is -0.660. The van der Waals surface area contributed by atoms with Crippen molar-refractivity contribution < 1.29 is 14.3 Å². The molecule has 1 atom stereocenters. The van der Waals surface area contributed by atoms with Crippen LogP contribution >= 0.6 is 11.8 Å². The number of nitrogens with two attached hydrogens (primary N) is 1. The molecule has 2 N–H and O–H groups in total. The molecule has 1 saturated heterocycles. The monoisotopic (exact) mass is 260 g/mol. The standard InChI is InChI=1S/C11H20N2O3S/c1-11(2,3)17-7-9(14)13-4-5-16-8(6-13)10(12)15/h8H,4-7H2,1-3H3,(H2,12,15)/t8-/m0/s1. The zero-order valence-corrected chi connectivity index (χ0v) is 11.4. The first kappa shape index (κ1) is 14.3. The van der Waals surface area contributed by atoms with E-state index in [-0.39, 0.29) is 17.2 Å². The second-order valence-corrected chi connectivity index (χ2v) is 6.80. The fraction of sp³-hybridized carbons (Fsp3) is 0.818. The van der Waals surface area contributed by atoms with Crippen molar-refractivity contribution in [3.8, 4) is 0 Å². The summed E-state index contributed by atoms with van der Waals surface area (Å²) in [7, 11) is 0. The van der Waals surface area contributed by atoms with Crippen molar-refractivity contribution >= 4 is 23.6 Å². The van der Waals surface area contributed by atoms with Crippen molar-refractivity contribution in [2.75, 3.05) is 25.4 Å². The Hall–Kier alpha value is -0.750. The summed E-state index contributed by atoms with van der Waals surface area (Å²) in [6, 6.07) is 0. The van der Waals surface area contributed by atoms with Gasteiger partial charge in [0.2, 0.25) is 11.8 Å². The van der Waals surface area contributed by atoms with E-state index in [1.54, 1.807) is 16.7 Å². The van der Waals surface area contributed by atoms with Gasteiger partial charge < -0.3 is 15.4 Å². The number of hydrogen-bond donors (Lipinski definition) is 1. The molecule has 1 aliphatic heterocycles. The number of carbonyl (C=O) groups excluding carboxylic acids is 2. The lowest BCUT2D eigenvalue weighted by Crippen LogP contribution is -2.51. The SMILES string of the molecule is CC(C)(C)SCC(=O)N1CCO[C@H](C(N)=O)C1. The molecule has 1 heterocycles. The van der Waals surface area contributed by atoms with E-state index in [0.29, 0.717) is 18.9 Å². The molecule has 0 bridgehead atoms. The third-order valence-corrected chi connectivity index (χ3v) is 3.62. The van der Waals surface area contributed by atoms with Gasteiger partial charge in [-0.3, -0.25) is 9.59 Å². The molecule has 0 aromatic rings. The minimum Gasteiger partial charge on any atom is -0.367 e. The van der Waals surface area contributed by atoms with Crippen LogP contribution in [0.1, 0.15) is 20.8 Å². The largest absolute Gasteiger partial charge is 0.367 e. The highest BCUT2D eigenvalue weighted by molar-refractivity contribution is 8.01. The number of rotatable bonds is 3. The lowest BCUT2D eigenvalue weighted by atomic mass is 10.2. The zero-order valence-electron chi connectivity index (χ0n) is 10.6. The van der Waals surface area contributed by atoms with E-state index in [1.807, 2.05) is 0 Å². The molecule has 0 saturated carbocycles. The second-order valence-electron chi connectivity index (χ2n) is 5.00. The smallest absolute Gasteiger partial charge is 0.248 e. The molecular weight excluding hydrogens is 240 g/mol. The van der Waals surface area contributed by atoms with Crippen LogP contribution < -0.4 is 5.73 Å². The van der Waals surface area contributed by atoms with Crippen LogP contribution in [0.15, 0.2) is 0 Å². The van der Waals surface area contributed by atoms with Gasteiger partial charge in [0.25, 0.3) is 0 Å². The predicted octanol–water partition coefficient (Wildman–Crippen LogP) is 0.231. The maximum Gasteiger partial charge on any atom is 0.248 e. The maximum atomic E-state index is 11.9. The Labute approximate surface area is 106 Å². The number of ether oxygens (including phenoxy) is 1. The van der Waals surface area contributed by atoms with Gasteiger partial charge in [-0.15, -0.1) is 11.8 Å². The molecule has 6 heteroatoms. The third kappa shape index (κ3) is 4.95. The van der Waals surface area contributed by atoms with Gasteiger partial charge in [0, 0.05) is 11.3 Å². The van der Waals surface area contributed by atoms with Gasteiger partial charge in [0.05, 0.1) is 18.9 Å². The Balaban J connectivity index is 2.44. The van der Waals surface area contributed by atoms with E-state index in [1.165, 1.54) is 0 Å². The van der Waals surface area contributed by atoms with Gasteiger partial charge in [-0.25, -0.2) is 0 Å². The first-order valence-electron chi connectivity index (χ1n) is 5.62. The van der Waals surface area contributed by atoms with E-state index >= 15 is 0 Å². The molecule has 1 rings (SSSR count). The van der Waals surface area contributed by atoms with Crippen LogP contribution in [0.25, 0.3) is 0 Å². The summed E-state index contributed by atoms with van der Waals surface area (Å²) in [6.07, 6.45) is -0.660. The highest BCUT2D eigenvalue weighted by Crippen LogP contribution is 2.23. The Morgan fingerprint density at radius 3 is 2.65 bits per heavy atom. The molecule has 17 heavy (non-hydrogen) atoms. The highest BCUT2D eigenvalue weighted by atomic mass is 32.2. The number of amides is 2. The Kier molecular flexibility index (Phi) is 4.82. The minimum absolute atomic E-state index is 0.0412. The van der Waals surface area contributed by atoms with E-state index < -0.39 is 12.0 Å². The van der Waals surface area contributed by atoms with Crippen molar-refractivity contribution in [3.05, 3.63) is 0 Å². The molecule has 0 spiro atoms. The lowest BCUT2D eigenvalue weighted by Gasteiger charge is -2.32. The molecule has 0 radical (unpaired) electrons. The molecule has 1 fully saturated rings. The first-order valence-corrected chi connectivity index (χ1v) is 6.61. The third-order valence-electron chi connectivity index (χ3n) is 2.37. The summed E-state index contributed by atoms with van der Waals surface area (Å²) in [4.78, 5) is 24.6. The summed E-state index contributed by atoms with van der Waals surface area (Å²) in [5, 5.41) is 0. The molecule has 0 aromatic carbocycles. The number of morpholine rings is 1. The van der Waals surface area contributed by atoms with Crippen LogP contribution in [0.4, 0.5) is 0 Å². The zero-order chi connectivity index (χ0) is 13.1. The Morgan fingerprint density at radius 1 is 1.47 bits per heavy atom. The van der Waals surface area contributed by atoms with Gasteiger partial charge >= 0.3 is 0 Å². The summed E-state index contributed by atoms with van der Waals surface area (Å²) in [6.45, 7) is 7.38.